The van der Waals surface area contributed by atoms with E-state index < -0.39 is 4.92 Å². The second-order valence-electron chi connectivity index (χ2n) is 2.42. The number of halogens is 1. The molecule has 0 aliphatic heterocycles. The minimum atomic E-state index is -0.500. The van der Waals surface area contributed by atoms with Gasteiger partial charge in [-0.05, 0) is 12.5 Å². The van der Waals surface area contributed by atoms with Crippen LogP contribution in [0.3, 0.4) is 0 Å². The van der Waals surface area contributed by atoms with Gasteiger partial charge >= 0.3 is 0 Å². The van der Waals surface area contributed by atoms with E-state index in [1.54, 1.807) is 6.92 Å². The van der Waals surface area contributed by atoms with E-state index in [-0.39, 0.29) is 11.4 Å². The Labute approximate surface area is 74.1 Å². The molecule has 1 aromatic rings. The first kappa shape index (κ1) is 8.80. The molecule has 0 saturated carbocycles. The topological polar surface area (TPSA) is 69.2 Å². The molecule has 0 atom stereocenters. The number of nitrogens with zero attached hydrogens (tertiary/aromatic N) is 1. The van der Waals surface area contributed by atoms with Crippen molar-refractivity contribution in [1.29, 1.82) is 0 Å². The molecule has 1 rings (SSSR count). The number of hydrogen-bond donors (Lipinski definition) is 1. The Morgan fingerprint density at radius 2 is 2.17 bits per heavy atom. The van der Waals surface area contributed by atoms with Crippen molar-refractivity contribution in [1.82, 2.24) is 0 Å². The van der Waals surface area contributed by atoms with Gasteiger partial charge in [0.1, 0.15) is 0 Å². The van der Waals surface area contributed by atoms with Crippen LogP contribution in [0, 0.1) is 17.0 Å². The van der Waals surface area contributed by atoms with E-state index in [0.717, 1.165) is 0 Å². The van der Waals surface area contributed by atoms with E-state index >= 15 is 0 Å². The van der Waals surface area contributed by atoms with E-state index in [1.807, 2.05) is 0 Å². The molecule has 0 bridgehead atoms. The minimum absolute atomic E-state index is 0.0330. The third-order valence-corrected chi connectivity index (χ3v) is 1.99. The average Bonchev–Trinajstić information content (AvgIpc) is 1.99. The Bertz CT molecular complexity index is 315. The third-order valence-electron chi connectivity index (χ3n) is 1.48. The maximum atomic E-state index is 10.3. The number of nitro benzene ring substituents is 1. The predicted octanol–water partition coefficient (Wildman–Crippen LogP) is 2.14. The number of hydrogen-bond acceptors (Lipinski definition) is 3. The van der Waals surface area contributed by atoms with Gasteiger partial charge in [-0.1, -0.05) is 11.6 Å². The van der Waals surface area contributed by atoms with Crippen molar-refractivity contribution in [2.24, 2.45) is 0 Å². The Hall–Kier alpha value is -1.29. The fourth-order valence-electron chi connectivity index (χ4n) is 0.883. The molecular formula is C7H7ClN2O2. The second-order valence-corrected chi connectivity index (χ2v) is 2.80. The summed E-state index contributed by atoms with van der Waals surface area (Å²) in [5.41, 5.74) is 6.24. The van der Waals surface area contributed by atoms with Gasteiger partial charge in [0.15, 0.2) is 0 Å². The van der Waals surface area contributed by atoms with Crippen LogP contribution in [-0.2, 0) is 0 Å². The van der Waals surface area contributed by atoms with Crippen LogP contribution in [0.15, 0.2) is 12.1 Å². The Morgan fingerprint density at radius 1 is 1.58 bits per heavy atom. The monoisotopic (exact) mass is 186 g/mol. The highest BCUT2D eigenvalue weighted by molar-refractivity contribution is 6.33. The fourth-order valence-corrected chi connectivity index (χ4v) is 0.992. The second kappa shape index (κ2) is 2.98. The molecule has 1 aromatic carbocycles. The number of benzene rings is 1. The first-order chi connectivity index (χ1) is 5.52. The van der Waals surface area contributed by atoms with Gasteiger partial charge in [-0.15, -0.1) is 0 Å². The molecule has 0 aromatic heterocycles. The summed E-state index contributed by atoms with van der Waals surface area (Å²) in [6, 6.07) is 2.63. The molecule has 0 amide bonds. The van der Waals surface area contributed by atoms with Gasteiger partial charge in [0, 0.05) is 12.1 Å². The van der Waals surface area contributed by atoms with Gasteiger partial charge in [-0.2, -0.15) is 0 Å². The van der Waals surface area contributed by atoms with Crippen LogP contribution in [0.2, 0.25) is 5.02 Å². The average molecular weight is 187 g/mol. The lowest BCUT2D eigenvalue weighted by Gasteiger charge is -2.00. The zero-order chi connectivity index (χ0) is 9.30. The SMILES string of the molecule is Cc1cc([N+](=O)[O-])cc(N)c1Cl. The summed E-state index contributed by atoms with van der Waals surface area (Å²) in [6.07, 6.45) is 0. The summed E-state index contributed by atoms with van der Waals surface area (Å²) >= 11 is 5.71. The number of nitro groups is 1. The fraction of sp³-hybridized carbons (Fsp3) is 0.143. The van der Waals surface area contributed by atoms with E-state index in [2.05, 4.69) is 0 Å². The van der Waals surface area contributed by atoms with Crippen molar-refractivity contribution in [3.63, 3.8) is 0 Å². The molecule has 64 valence electrons. The number of nitrogen functional groups attached to an aromatic ring is 1. The van der Waals surface area contributed by atoms with Crippen molar-refractivity contribution in [3.05, 3.63) is 32.8 Å². The highest BCUT2D eigenvalue weighted by Gasteiger charge is 2.10. The van der Waals surface area contributed by atoms with Gasteiger partial charge < -0.3 is 5.73 Å². The van der Waals surface area contributed by atoms with Crippen LogP contribution in [0.1, 0.15) is 5.56 Å². The zero-order valence-corrected chi connectivity index (χ0v) is 7.13. The lowest BCUT2D eigenvalue weighted by Crippen LogP contribution is -1.93. The predicted molar refractivity (Wildman–Crippen MR) is 47.3 cm³/mol. The van der Waals surface area contributed by atoms with Crippen LogP contribution in [-0.4, -0.2) is 4.92 Å². The number of anilines is 1. The van der Waals surface area contributed by atoms with Gasteiger partial charge in [0.2, 0.25) is 0 Å². The van der Waals surface area contributed by atoms with Gasteiger partial charge in [-0.3, -0.25) is 10.1 Å². The smallest absolute Gasteiger partial charge is 0.271 e. The molecule has 0 radical (unpaired) electrons. The van der Waals surface area contributed by atoms with Gasteiger partial charge in [0.25, 0.3) is 5.69 Å². The lowest BCUT2D eigenvalue weighted by atomic mass is 10.2. The molecule has 0 aliphatic carbocycles. The van der Waals surface area contributed by atoms with Crippen molar-refractivity contribution in [2.45, 2.75) is 6.92 Å². The van der Waals surface area contributed by atoms with E-state index in [9.17, 15) is 10.1 Å². The largest absolute Gasteiger partial charge is 0.397 e. The molecule has 0 aliphatic rings. The van der Waals surface area contributed by atoms with Gasteiger partial charge in [-0.25, -0.2) is 0 Å². The van der Waals surface area contributed by atoms with Crippen LogP contribution >= 0.6 is 11.6 Å². The molecule has 0 saturated heterocycles. The quantitative estimate of drug-likeness (QED) is 0.415. The molecular weight excluding hydrogens is 180 g/mol. The summed E-state index contributed by atoms with van der Waals surface area (Å²) in [4.78, 5) is 9.82. The third kappa shape index (κ3) is 1.48. The van der Waals surface area contributed by atoms with E-state index in [4.69, 9.17) is 17.3 Å². The maximum absolute atomic E-state index is 10.3. The summed E-state index contributed by atoms with van der Waals surface area (Å²) in [5, 5.41) is 10.7. The molecule has 12 heavy (non-hydrogen) atoms. The standard InChI is InChI=1S/C7H7ClN2O2/c1-4-2-5(10(11)12)3-6(9)7(4)8/h2-3H,9H2,1H3. The Morgan fingerprint density at radius 3 is 2.58 bits per heavy atom. The van der Waals surface area contributed by atoms with Crippen molar-refractivity contribution < 1.29 is 4.92 Å². The molecule has 0 fully saturated rings. The first-order valence-corrected chi connectivity index (χ1v) is 3.60. The van der Waals surface area contributed by atoms with Crippen LogP contribution < -0.4 is 5.73 Å². The number of non-ortho nitro benzene ring substituents is 1. The zero-order valence-electron chi connectivity index (χ0n) is 6.37. The van der Waals surface area contributed by atoms with Crippen molar-refractivity contribution in [3.8, 4) is 0 Å². The highest BCUT2D eigenvalue weighted by atomic mass is 35.5. The summed E-state index contributed by atoms with van der Waals surface area (Å²) in [6.45, 7) is 1.67. The summed E-state index contributed by atoms with van der Waals surface area (Å²) in [5.74, 6) is 0. The van der Waals surface area contributed by atoms with Crippen molar-refractivity contribution >= 4 is 23.0 Å². The van der Waals surface area contributed by atoms with Crippen molar-refractivity contribution in [2.75, 3.05) is 5.73 Å². The molecule has 0 spiro atoms. The Balaban J connectivity index is 3.31. The normalized spacial score (nSPS) is 9.83. The molecule has 0 unspecified atom stereocenters. The summed E-state index contributed by atoms with van der Waals surface area (Å²) in [7, 11) is 0. The van der Waals surface area contributed by atoms with Crippen LogP contribution in [0.25, 0.3) is 0 Å². The summed E-state index contributed by atoms with van der Waals surface area (Å²) < 4.78 is 0. The van der Waals surface area contributed by atoms with E-state index in [1.165, 1.54) is 12.1 Å². The van der Waals surface area contributed by atoms with Crippen LogP contribution in [0.5, 0.6) is 0 Å². The molecule has 5 heteroatoms. The van der Waals surface area contributed by atoms with E-state index in [0.29, 0.717) is 10.6 Å². The van der Waals surface area contributed by atoms with Crippen LogP contribution in [0.4, 0.5) is 11.4 Å². The maximum Gasteiger partial charge on any atom is 0.271 e. The minimum Gasteiger partial charge on any atom is -0.397 e. The molecule has 4 nitrogen and oxygen atoms in total. The van der Waals surface area contributed by atoms with Gasteiger partial charge in [0.05, 0.1) is 15.6 Å². The Kier molecular flexibility index (Phi) is 2.19. The number of rotatable bonds is 1. The molecule has 0 heterocycles. The number of aryl methyl sites for hydroxylation is 1. The first-order valence-electron chi connectivity index (χ1n) is 3.22. The number of nitrogens with two attached hydrogens (primary N) is 1. The highest BCUT2D eigenvalue weighted by Crippen LogP contribution is 2.27. The molecule has 2 N–H and O–H groups in total. The lowest BCUT2D eigenvalue weighted by molar-refractivity contribution is -0.384.